The molecule has 3 rings (SSSR count). The SMILES string of the molecule is COc1cccc(/C=C2\NC(=O)N(Cc3ccc(Cl)cc3)C2=O)c1. The number of nitrogens with zero attached hydrogens (tertiary/aromatic N) is 1. The van der Waals surface area contributed by atoms with Crippen molar-refractivity contribution in [1.29, 1.82) is 0 Å². The van der Waals surface area contributed by atoms with E-state index in [2.05, 4.69) is 5.32 Å². The highest BCUT2D eigenvalue weighted by atomic mass is 35.5. The lowest BCUT2D eigenvalue weighted by molar-refractivity contribution is -0.123. The molecule has 2 aromatic rings. The third kappa shape index (κ3) is 3.41. The Morgan fingerprint density at radius 3 is 2.62 bits per heavy atom. The molecule has 0 saturated carbocycles. The van der Waals surface area contributed by atoms with Crippen LogP contribution in [0.15, 0.2) is 54.2 Å². The number of benzene rings is 2. The normalized spacial score (nSPS) is 15.8. The Morgan fingerprint density at radius 2 is 1.92 bits per heavy atom. The van der Waals surface area contributed by atoms with Crippen molar-refractivity contribution >= 4 is 29.6 Å². The molecular formula is C18H15ClN2O3. The summed E-state index contributed by atoms with van der Waals surface area (Å²) in [7, 11) is 1.57. The molecule has 1 aliphatic heterocycles. The molecule has 2 aromatic carbocycles. The molecule has 24 heavy (non-hydrogen) atoms. The van der Waals surface area contributed by atoms with Crippen LogP contribution in [0.3, 0.4) is 0 Å². The maximum Gasteiger partial charge on any atom is 0.329 e. The van der Waals surface area contributed by atoms with Crippen molar-refractivity contribution in [3.05, 3.63) is 70.4 Å². The minimum Gasteiger partial charge on any atom is -0.497 e. The second-order valence-corrected chi connectivity index (χ2v) is 5.72. The lowest BCUT2D eigenvalue weighted by Gasteiger charge is -2.11. The van der Waals surface area contributed by atoms with Crippen molar-refractivity contribution in [2.45, 2.75) is 6.54 Å². The Balaban J connectivity index is 1.80. The standard InChI is InChI=1S/C18H15ClN2O3/c1-24-15-4-2-3-13(9-15)10-16-17(22)21(18(23)20-16)11-12-5-7-14(19)8-6-12/h2-10H,11H2,1H3,(H,20,23)/b16-10-. The monoisotopic (exact) mass is 342 g/mol. The summed E-state index contributed by atoms with van der Waals surface area (Å²) >= 11 is 5.84. The van der Waals surface area contributed by atoms with Crippen molar-refractivity contribution in [1.82, 2.24) is 10.2 Å². The van der Waals surface area contributed by atoms with Gasteiger partial charge in [0.05, 0.1) is 13.7 Å². The molecule has 3 amide bonds. The minimum absolute atomic E-state index is 0.192. The summed E-state index contributed by atoms with van der Waals surface area (Å²) in [6.07, 6.45) is 1.63. The molecule has 5 nitrogen and oxygen atoms in total. The Kier molecular flexibility index (Phi) is 4.53. The number of hydrogen-bond donors (Lipinski definition) is 1. The number of carbonyl (C=O) groups excluding carboxylic acids is 2. The Labute approximate surface area is 144 Å². The van der Waals surface area contributed by atoms with Gasteiger partial charge in [0.25, 0.3) is 5.91 Å². The largest absolute Gasteiger partial charge is 0.497 e. The summed E-state index contributed by atoms with van der Waals surface area (Å²) < 4.78 is 5.15. The van der Waals surface area contributed by atoms with Crippen molar-refractivity contribution < 1.29 is 14.3 Å². The molecule has 6 heteroatoms. The van der Waals surface area contributed by atoms with Crippen LogP contribution in [0, 0.1) is 0 Å². The highest BCUT2D eigenvalue weighted by Gasteiger charge is 2.33. The second-order valence-electron chi connectivity index (χ2n) is 5.28. The molecule has 1 fully saturated rings. The van der Waals surface area contributed by atoms with Crippen LogP contribution in [0.25, 0.3) is 6.08 Å². The third-order valence-electron chi connectivity index (χ3n) is 3.62. The van der Waals surface area contributed by atoms with E-state index in [0.29, 0.717) is 10.8 Å². The van der Waals surface area contributed by atoms with Gasteiger partial charge in [-0.05, 0) is 41.5 Å². The van der Waals surface area contributed by atoms with Gasteiger partial charge in [0, 0.05) is 5.02 Å². The van der Waals surface area contributed by atoms with Gasteiger partial charge < -0.3 is 10.1 Å². The molecule has 0 aromatic heterocycles. The van der Waals surface area contributed by atoms with E-state index in [4.69, 9.17) is 16.3 Å². The first kappa shape index (κ1) is 16.1. The van der Waals surface area contributed by atoms with Gasteiger partial charge in [-0.1, -0.05) is 35.9 Å². The first-order valence-electron chi connectivity index (χ1n) is 7.30. The molecule has 0 atom stereocenters. The summed E-state index contributed by atoms with van der Waals surface area (Å²) in [5.74, 6) is 0.317. The molecule has 0 radical (unpaired) electrons. The van der Waals surface area contributed by atoms with Crippen LogP contribution in [0.2, 0.25) is 5.02 Å². The molecule has 1 aliphatic rings. The summed E-state index contributed by atoms with van der Waals surface area (Å²) in [6.45, 7) is 0.192. The third-order valence-corrected chi connectivity index (χ3v) is 3.87. The van der Waals surface area contributed by atoms with Crippen LogP contribution in [0.1, 0.15) is 11.1 Å². The number of ether oxygens (including phenoxy) is 1. The van der Waals surface area contributed by atoms with Crippen molar-refractivity contribution in [2.24, 2.45) is 0 Å². The smallest absolute Gasteiger partial charge is 0.329 e. The van der Waals surface area contributed by atoms with Gasteiger partial charge in [-0.15, -0.1) is 0 Å². The predicted octanol–water partition coefficient (Wildman–Crippen LogP) is 3.44. The number of rotatable bonds is 4. The second kappa shape index (κ2) is 6.76. The highest BCUT2D eigenvalue weighted by molar-refractivity contribution is 6.30. The number of carbonyl (C=O) groups is 2. The summed E-state index contributed by atoms with van der Waals surface area (Å²) in [6, 6.07) is 13.8. The number of urea groups is 1. The van der Waals surface area contributed by atoms with Gasteiger partial charge in [-0.2, -0.15) is 0 Å². The highest BCUT2D eigenvalue weighted by Crippen LogP contribution is 2.20. The zero-order valence-corrected chi connectivity index (χ0v) is 13.7. The quantitative estimate of drug-likeness (QED) is 0.684. The van der Waals surface area contributed by atoms with Crippen LogP contribution in [-0.2, 0) is 11.3 Å². The van der Waals surface area contributed by atoms with E-state index in [0.717, 1.165) is 16.0 Å². The zero-order chi connectivity index (χ0) is 17.1. The fourth-order valence-electron chi connectivity index (χ4n) is 2.39. The van der Waals surface area contributed by atoms with E-state index < -0.39 is 6.03 Å². The number of halogens is 1. The van der Waals surface area contributed by atoms with Crippen LogP contribution >= 0.6 is 11.6 Å². The Morgan fingerprint density at radius 1 is 1.17 bits per heavy atom. The van der Waals surface area contributed by atoms with Crippen molar-refractivity contribution in [3.8, 4) is 5.75 Å². The van der Waals surface area contributed by atoms with Gasteiger partial charge >= 0.3 is 6.03 Å². The van der Waals surface area contributed by atoms with E-state index >= 15 is 0 Å². The number of nitrogens with one attached hydrogen (secondary N) is 1. The summed E-state index contributed by atoms with van der Waals surface area (Å²) in [5, 5.41) is 3.21. The van der Waals surface area contributed by atoms with E-state index in [-0.39, 0.29) is 18.1 Å². The van der Waals surface area contributed by atoms with Gasteiger partial charge in [0.15, 0.2) is 0 Å². The number of imide groups is 1. The number of hydrogen-bond acceptors (Lipinski definition) is 3. The first-order valence-corrected chi connectivity index (χ1v) is 7.67. The summed E-state index contributed by atoms with van der Waals surface area (Å²) in [4.78, 5) is 25.7. The fraction of sp³-hybridized carbons (Fsp3) is 0.111. The van der Waals surface area contributed by atoms with Crippen LogP contribution in [-0.4, -0.2) is 23.9 Å². The van der Waals surface area contributed by atoms with E-state index in [1.807, 2.05) is 18.2 Å². The molecule has 0 unspecified atom stereocenters. The molecular weight excluding hydrogens is 328 g/mol. The lowest BCUT2D eigenvalue weighted by Crippen LogP contribution is -2.30. The Hall–Kier alpha value is -2.79. The summed E-state index contributed by atoms with van der Waals surface area (Å²) in [5.41, 5.74) is 1.83. The number of methoxy groups -OCH3 is 1. The maximum atomic E-state index is 12.5. The van der Waals surface area contributed by atoms with Gasteiger partial charge in [-0.25, -0.2) is 4.79 Å². The lowest BCUT2D eigenvalue weighted by atomic mass is 10.1. The van der Waals surface area contributed by atoms with E-state index in [1.54, 1.807) is 43.5 Å². The van der Waals surface area contributed by atoms with E-state index in [1.165, 1.54) is 0 Å². The van der Waals surface area contributed by atoms with Crippen molar-refractivity contribution in [2.75, 3.05) is 7.11 Å². The van der Waals surface area contributed by atoms with Gasteiger partial charge in [0.2, 0.25) is 0 Å². The van der Waals surface area contributed by atoms with Crippen LogP contribution in [0.4, 0.5) is 4.79 Å². The molecule has 1 N–H and O–H groups in total. The topological polar surface area (TPSA) is 58.6 Å². The average Bonchev–Trinajstić information content (AvgIpc) is 2.84. The van der Waals surface area contributed by atoms with Crippen LogP contribution < -0.4 is 10.1 Å². The van der Waals surface area contributed by atoms with Gasteiger partial charge in [0.1, 0.15) is 11.4 Å². The van der Waals surface area contributed by atoms with Crippen LogP contribution in [0.5, 0.6) is 5.75 Å². The molecule has 0 spiro atoms. The molecule has 1 saturated heterocycles. The molecule has 0 aliphatic carbocycles. The zero-order valence-electron chi connectivity index (χ0n) is 13.0. The molecule has 0 bridgehead atoms. The fourth-order valence-corrected chi connectivity index (χ4v) is 2.51. The first-order chi connectivity index (χ1) is 11.6. The minimum atomic E-state index is -0.441. The molecule has 1 heterocycles. The number of amides is 3. The maximum absolute atomic E-state index is 12.5. The van der Waals surface area contributed by atoms with Crippen molar-refractivity contribution in [3.63, 3.8) is 0 Å². The van der Waals surface area contributed by atoms with Gasteiger partial charge in [-0.3, -0.25) is 9.69 Å². The molecule has 122 valence electrons. The van der Waals surface area contributed by atoms with E-state index in [9.17, 15) is 9.59 Å². The predicted molar refractivity (Wildman–Crippen MR) is 91.5 cm³/mol. The average molecular weight is 343 g/mol. The Bertz CT molecular complexity index is 815.